The Morgan fingerprint density at radius 2 is 2.10 bits per heavy atom. The number of nitrogens with zero attached hydrogens (tertiary/aromatic N) is 3. The molecule has 0 aliphatic carbocycles. The van der Waals surface area contributed by atoms with Gasteiger partial charge in [-0.1, -0.05) is 26.1 Å². The highest BCUT2D eigenvalue weighted by molar-refractivity contribution is 7.80. The SMILES string of the molecule is CCc1nnc(NCc2nc(C)cs2)c(C(N)=S)c1CC. The molecule has 0 unspecified atom stereocenters. The first-order valence-electron chi connectivity index (χ1n) is 6.89. The van der Waals surface area contributed by atoms with Crippen LogP contribution in [-0.4, -0.2) is 20.2 Å². The minimum absolute atomic E-state index is 0.356. The van der Waals surface area contributed by atoms with Gasteiger partial charge < -0.3 is 11.1 Å². The van der Waals surface area contributed by atoms with Gasteiger partial charge in [0, 0.05) is 11.1 Å². The molecule has 3 N–H and O–H groups in total. The summed E-state index contributed by atoms with van der Waals surface area (Å²) in [6.45, 7) is 6.70. The first-order valence-corrected chi connectivity index (χ1v) is 8.18. The normalized spacial score (nSPS) is 10.6. The zero-order chi connectivity index (χ0) is 15.4. The van der Waals surface area contributed by atoms with Crippen LogP contribution in [-0.2, 0) is 19.4 Å². The summed E-state index contributed by atoms with van der Waals surface area (Å²) in [6, 6.07) is 0. The zero-order valence-electron chi connectivity index (χ0n) is 12.4. The molecule has 0 spiro atoms. The van der Waals surface area contributed by atoms with Crippen molar-refractivity contribution in [2.24, 2.45) is 5.73 Å². The van der Waals surface area contributed by atoms with Crippen molar-refractivity contribution >= 4 is 34.4 Å². The molecule has 2 aromatic rings. The number of nitrogens with two attached hydrogens (primary N) is 1. The summed E-state index contributed by atoms with van der Waals surface area (Å²) in [5.41, 5.74) is 9.77. The van der Waals surface area contributed by atoms with Gasteiger partial charge in [0.25, 0.3) is 0 Å². The molecule has 2 rings (SSSR count). The molecule has 0 saturated carbocycles. The number of rotatable bonds is 6. The van der Waals surface area contributed by atoms with E-state index in [1.165, 1.54) is 0 Å². The van der Waals surface area contributed by atoms with Gasteiger partial charge in [-0.3, -0.25) is 0 Å². The lowest BCUT2D eigenvalue weighted by Crippen LogP contribution is -2.19. The highest BCUT2D eigenvalue weighted by atomic mass is 32.1. The molecule has 0 bridgehead atoms. The lowest BCUT2D eigenvalue weighted by molar-refractivity contribution is 0.870. The van der Waals surface area contributed by atoms with Gasteiger partial charge in [-0.15, -0.1) is 16.4 Å². The van der Waals surface area contributed by atoms with Crippen LogP contribution >= 0.6 is 23.6 Å². The van der Waals surface area contributed by atoms with Crippen molar-refractivity contribution in [1.82, 2.24) is 15.2 Å². The van der Waals surface area contributed by atoms with Gasteiger partial charge in [-0.2, -0.15) is 5.10 Å². The predicted molar refractivity (Wildman–Crippen MR) is 90.9 cm³/mol. The number of hydrogen-bond donors (Lipinski definition) is 2. The second-order valence-corrected chi connectivity index (χ2v) is 6.04. The van der Waals surface area contributed by atoms with Crippen LogP contribution in [0.15, 0.2) is 5.38 Å². The van der Waals surface area contributed by atoms with Crippen molar-refractivity contribution in [3.63, 3.8) is 0 Å². The fraction of sp³-hybridized carbons (Fsp3) is 0.429. The number of anilines is 1. The maximum Gasteiger partial charge on any atom is 0.159 e. The number of aromatic nitrogens is 3. The van der Waals surface area contributed by atoms with Crippen LogP contribution < -0.4 is 11.1 Å². The van der Waals surface area contributed by atoms with Gasteiger partial charge >= 0.3 is 0 Å². The Hall–Kier alpha value is -1.60. The van der Waals surface area contributed by atoms with Gasteiger partial charge in [-0.25, -0.2) is 4.98 Å². The average molecular weight is 321 g/mol. The highest BCUT2D eigenvalue weighted by Gasteiger charge is 2.16. The van der Waals surface area contributed by atoms with Crippen LogP contribution in [0.4, 0.5) is 5.82 Å². The molecule has 0 aromatic carbocycles. The van der Waals surface area contributed by atoms with Crippen LogP contribution in [0.2, 0.25) is 0 Å². The van der Waals surface area contributed by atoms with Crippen LogP contribution in [0.1, 0.15) is 41.4 Å². The number of thiocarbonyl (C=S) groups is 1. The van der Waals surface area contributed by atoms with Crippen LogP contribution in [0.25, 0.3) is 0 Å². The van der Waals surface area contributed by atoms with E-state index >= 15 is 0 Å². The molecule has 7 heteroatoms. The Bertz CT molecular complexity index is 651. The summed E-state index contributed by atoms with van der Waals surface area (Å²) in [7, 11) is 0. The van der Waals surface area contributed by atoms with E-state index in [1.807, 2.05) is 12.3 Å². The second kappa shape index (κ2) is 6.91. The quantitative estimate of drug-likeness (QED) is 0.797. The van der Waals surface area contributed by atoms with Crippen molar-refractivity contribution in [1.29, 1.82) is 0 Å². The molecule has 0 saturated heterocycles. The van der Waals surface area contributed by atoms with Crippen molar-refractivity contribution in [2.45, 2.75) is 40.2 Å². The molecule has 2 heterocycles. The Balaban J connectivity index is 2.32. The minimum atomic E-state index is 0.356. The summed E-state index contributed by atoms with van der Waals surface area (Å²) < 4.78 is 0. The van der Waals surface area contributed by atoms with Crippen molar-refractivity contribution in [3.8, 4) is 0 Å². The van der Waals surface area contributed by atoms with E-state index in [-0.39, 0.29) is 0 Å². The van der Waals surface area contributed by atoms with E-state index in [1.54, 1.807) is 11.3 Å². The standard InChI is InChI=1S/C14H19N5S2/c1-4-9-10(5-2)18-19-14(12(9)13(15)20)16-6-11-17-8(3)7-21-11/h7H,4-6H2,1-3H3,(H2,15,20)(H,16,19). The number of hydrogen-bond acceptors (Lipinski definition) is 6. The summed E-state index contributed by atoms with van der Waals surface area (Å²) >= 11 is 6.82. The maximum atomic E-state index is 5.90. The van der Waals surface area contributed by atoms with E-state index in [9.17, 15) is 0 Å². The summed E-state index contributed by atoms with van der Waals surface area (Å²) in [5, 5.41) is 14.8. The van der Waals surface area contributed by atoms with E-state index in [0.717, 1.165) is 40.4 Å². The van der Waals surface area contributed by atoms with Gasteiger partial charge in [0.1, 0.15) is 10.00 Å². The Kier molecular flexibility index (Phi) is 5.19. The number of thiazole rings is 1. The monoisotopic (exact) mass is 321 g/mol. The Morgan fingerprint density at radius 1 is 1.33 bits per heavy atom. The molecule has 0 amide bonds. The molecule has 0 atom stereocenters. The third kappa shape index (κ3) is 3.54. The zero-order valence-corrected chi connectivity index (χ0v) is 14.1. The van der Waals surface area contributed by atoms with Gasteiger partial charge in [0.2, 0.25) is 0 Å². The lowest BCUT2D eigenvalue weighted by atomic mass is 10.0. The third-order valence-electron chi connectivity index (χ3n) is 3.17. The molecular weight excluding hydrogens is 302 g/mol. The van der Waals surface area contributed by atoms with Gasteiger partial charge in [0.15, 0.2) is 5.82 Å². The largest absolute Gasteiger partial charge is 0.389 e. The highest BCUT2D eigenvalue weighted by Crippen LogP contribution is 2.22. The van der Waals surface area contributed by atoms with E-state index in [0.29, 0.717) is 17.4 Å². The first-order chi connectivity index (χ1) is 10.1. The molecule has 5 nitrogen and oxygen atoms in total. The van der Waals surface area contributed by atoms with E-state index < -0.39 is 0 Å². The second-order valence-electron chi connectivity index (χ2n) is 4.66. The Labute approximate surface area is 134 Å². The number of nitrogens with one attached hydrogen (secondary N) is 1. The lowest BCUT2D eigenvalue weighted by Gasteiger charge is -2.15. The summed E-state index contributed by atoms with van der Waals surface area (Å²) in [4.78, 5) is 4.78. The van der Waals surface area contributed by atoms with Gasteiger partial charge in [0.05, 0.1) is 17.8 Å². The molecule has 2 aromatic heterocycles. The van der Waals surface area contributed by atoms with Gasteiger partial charge in [-0.05, 0) is 25.3 Å². The summed E-state index contributed by atoms with van der Waals surface area (Å²) in [5.74, 6) is 0.643. The average Bonchev–Trinajstić information content (AvgIpc) is 2.89. The van der Waals surface area contributed by atoms with Crippen molar-refractivity contribution < 1.29 is 0 Å². The molecule has 0 fully saturated rings. The minimum Gasteiger partial charge on any atom is -0.389 e. The van der Waals surface area contributed by atoms with Crippen molar-refractivity contribution in [3.05, 3.63) is 32.9 Å². The topological polar surface area (TPSA) is 76.7 Å². The molecule has 112 valence electrons. The fourth-order valence-corrected chi connectivity index (χ4v) is 3.14. The van der Waals surface area contributed by atoms with Crippen molar-refractivity contribution in [2.75, 3.05) is 5.32 Å². The Morgan fingerprint density at radius 3 is 2.62 bits per heavy atom. The maximum absolute atomic E-state index is 5.90. The molecule has 0 aliphatic heterocycles. The van der Waals surface area contributed by atoms with Crippen LogP contribution in [0.3, 0.4) is 0 Å². The summed E-state index contributed by atoms with van der Waals surface area (Å²) in [6.07, 6.45) is 1.65. The molecule has 0 radical (unpaired) electrons. The number of aryl methyl sites for hydroxylation is 2. The smallest absolute Gasteiger partial charge is 0.159 e. The first kappa shape index (κ1) is 15.8. The third-order valence-corrected chi connectivity index (χ3v) is 4.34. The van der Waals surface area contributed by atoms with Crippen LogP contribution in [0, 0.1) is 6.92 Å². The van der Waals surface area contributed by atoms with E-state index in [4.69, 9.17) is 18.0 Å². The molecule has 0 aliphatic rings. The van der Waals surface area contributed by atoms with Crippen LogP contribution in [0.5, 0.6) is 0 Å². The van der Waals surface area contributed by atoms with E-state index in [2.05, 4.69) is 34.3 Å². The predicted octanol–water partition coefficient (Wildman–Crippen LogP) is 2.61. The molecule has 21 heavy (non-hydrogen) atoms. The molecular formula is C14H19N5S2. The fourth-order valence-electron chi connectivity index (χ4n) is 2.21.